The van der Waals surface area contributed by atoms with Gasteiger partial charge in [-0.25, -0.2) is 0 Å². The van der Waals surface area contributed by atoms with E-state index >= 15 is 0 Å². The van der Waals surface area contributed by atoms with E-state index in [1.165, 1.54) is 0 Å². The Bertz CT molecular complexity index is 85.1. The molecule has 0 aliphatic heterocycles. The predicted octanol–water partition coefficient (Wildman–Crippen LogP) is -19.6. The van der Waals surface area contributed by atoms with Gasteiger partial charge in [0.2, 0.25) is 24.0 Å². The Kier molecular flexibility index (Phi) is 54.1. The van der Waals surface area contributed by atoms with E-state index in [1.54, 1.807) is 0 Å². The smallest absolute Gasteiger partial charge is 0.481 e. The van der Waals surface area contributed by atoms with E-state index in [4.69, 9.17) is 30.5 Å². The van der Waals surface area contributed by atoms with Gasteiger partial charge in [-0.15, -0.1) is 0 Å². The molecule has 0 rings (SSSR count). The van der Waals surface area contributed by atoms with Crippen molar-refractivity contribution in [1.82, 2.24) is 0 Å². The fraction of sp³-hybridized carbons (Fsp3) is 0.500. The number of carboxylic acids is 1. The number of halogens is 3. The first-order valence-electron chi connectivity index (χ1n) is 1.85. The van der Waals surface area contributed by atoms with Crippen LogP contribution in [0.3, 0.4) is 0 Å². The van der Waals surface area contributed by atoms with E-state index in [0.717, 1.165) is 6.92 Å². The fourth-order valence-corrected chi connectivity index (χ4v) is 0. The third kappa shape index (κ3) is 318. The van der Waals surface area contributed by atoms with Crippen LogP contribution in [0.2, 0.25) is 0 Å². The van der Waals surface area contributed by atoms with Crippen molar-refractivity contribution in [3.8, 4) is 0 Å². The summed E-state index contributed by atoms with van der Waals surface area (Å²) in [5, 5.41) is 7.42. The first-order valence-corrected chi connectivity index (χ1v) is 7.14. The van der Waals surface area contributed by atoms with Crippen LogP contribution in [0.15, 0.2) is 0 Å². The maximum absolute atomic E-state index is 9.00. The number of hydrogen-bond donors (Lipinski definition) is 1. The van der Waals surface area contributed by atoms with Gasteiger partial charge in [0.15, 0.2) is 0 Å². The molecule has 84 valence electrons. The number of aliphatic carboxylic acids is 1. The van der Waals surface area contributed by atoms with Gasteiger partial charge < -0.3 is 25.7 Å². The zero-order valence-corrected chi connectivity index (χ0v) is 17.0. The molecule has 0 atom stereocenters. The van der Waals surface area contributed by atoms with Gasteiger partial charge >= 0.3 is 51.4 Å². The molecule has 0 amide bonds. The molecule has 14 heavy (non-hydrogen) atoms. The van der Waals surface area contributed by atoms with E-state index in [0.29, 0.717) is 0 Å². The van der Waals surface area contributed by atoms with Gasteiger partial charge in [-0.3, -0.25) is 4.79 Å². The quantitative estimate of drug-likeness (QED) is 0.218. The van der Waals surface area contributed by atoms with Crippen LogP contribution in [0.5, 0.6) is 0 Å². The van der Waals surface area contributed by atoms with Crippen molar-refractivity contribution in [2.45, 2.75) is 6.92 Å². The summed E-state index contributed by atoms with van der Waals surface area (Å²) in [6.07, 6.45) is 0. The molecule has 0 fully saturated rings. The van der Waals surface area contributed by atoms with E-state index in [1.807, 2.05) is 0 Å². The van der Waals surface area contributed by atoms with Crippen molar-refractivity contribution in [1.29, 1.82) is 0 Å². The van der Waals surface area contributed by atoms with Crippen molar-refractivity contribution in [3.63, 3.8) is 0 Å². The van der Waals surface area contributed by atoms with Crippen molar-refractivity contribution in [2.24, 2.45) is 0 Å². The molecule has 0 aromatic carbocycles. The van der Waals surface area contributed by atoms with E-state index in [2.05, 4.69) is 0 Å². The third-order valence-corrected chi connectivity index (χ3v) is 0. The summed E-state index contributed by atoms with van der Waals surface area (Å²) in [4.78, 5) is 9.00. The molecular formula is C2H6I3KO8. The minimum atomic E-state index is -4.01. The van der Waals surface area contributed by atoms with Gasteiger partial charge in [-0.05, 0) is 0 Å². The normalized spacial score (nSPS) is 6.93. The molecule has 0 unspecified atom stereocenters. The molecule has 0 aliphatic rings. The molecule has 0 radical (unpaired) electrons. The van der Waals surface area contributed by atoms with Crippen LogP contribution in [0.25, 0.3) is 0 Å². The molecular weight excluding hydrogens is 572 g/mol. The minimum absolute atomic E-state index is 0. The van der Waals surface area contributed by atoms with Crippen LogP contribution in [0, 0.1) is 0 Å². The Morgan fingerprint density at radius 2 is 1.00 bits per heavy atom. The van der Waals surface area contributed by atoms with Crippen LogP contribution in [0.4, 0.5) is 0 Å². The topological polar surface area (TPSA) is 176 Å². The van der Waals surface area contributed by atoms with Gasteiger partial charge in [0, 0.05) is 6.92 Å². The standard InChI is InChI=1S/C2H4O2.2IO3.H2I.K/c1-2(3)4;2*2-1(3)4;;/h1H3,(H,3,4);;;1H2;/q;2*-1;2*+1. The average molecular weight is 578 g/mol. The van der Waals surface area contributed by atoms with Gasteiger partial charge in [0.25, 0.3) is 48.1 Å². The zero-order valence-electron chi connectivity index (χ0n) is 7.01. The summed E-state index contributed by atoms with van der Waals surface area (Å²) in [7, 11) is 0. The molecule has 0 bridgehead atoms. The van der Waals surface area contributed by atoms with Crippen molar-refractivity contribution in [3.05, 3.63) is 0 Å². The van der Waals surface area contributed by atoms with Crippen LogP contribution in [0.1, 0.15) is 6.92 Å². The summed E-state index contributed by atoms with van der Waals surface area (Å²) in [5.74, 6) is -0.833. The fourth-order valence-electron chi connectivity index (χ4n) is 0. The molecule has 12 heteroatoms. The van der Waals surface area contributed by atoms with Gasteiger partial charge in [-0.1, -0.05) is 0 Å². The van der Waals surface area contributed by atoms with Gasteiger partial charge in [-0.2, -0.15) is 0 Å². The maximum Gasteiger partial charge on any atom is 1.00 e. The van der Waals surface area contributed by atoms with Crippen molar-refractivity contribution in [2.75, 3.05) is 0 Å². The summed E-state index contributed by atoms with van der Waals surface area (Å²) < 4.78 is 51.4. The number of hydrogen-bond acceptors (Lipinski definition) is 7. The van der Waals surface area contributed by atoms with Gasteiger partial charge in [0.05, 0.1) is 0 Å². The molecule has 8 nitrogen and oxygen atoms in total. The predicted molar refractivity (Wildman–Crippen MR) is 16.1 cm³/mol. The molecule has 0 saturated carbocycles. The second-order valence-electron chi connectivity index (χ2n) is 0.897. The Balaban J connectivity index is -0.0000000270. The Labute approximate surface area is 157 Å². The number of carboxylic acid groups (broad SMARTS) is 1. The van der Waals surface area contributed by atoms with Crippen molar-refractivity contribution >= 4 is 5.97 Å². The Morgan fingerprint density at radius 3 is 1.00 bits per heavy atom. The second kappa shape index (κ2) is 25.0. The SMILES string of the molecule is CC(=O)O.[IH2+].[K+].[O-][I+2]([O-])[O-].[O-][I+2]([O-])[O-]. The summed E-state index contributed by atoms with van der Waals surface area (Å²) >= 11 is -8.03. The Morgan fingerprint density at radius 1 is 1.00 bits per heavy atom. The largest absolute Gasteiger partial charge is 1.00 e. The van der Waals surface area contributed by atoms with Crippen LogP contribution < -0.4 is 138 Å². The molecule has 0 spiro atoms. The zero-order chi connectivity index (χ0) is 10.7. The van der Waals surface area contributed by atoms with Crippen LogP contribution in [-0.4, -0.2) is 11.1 Å². The molecule has 0 saturated heterocycles. The molecule has 0 heterocycles. The molecule has 0 aliphatic carbocycles. The molecule has 0 aromatic rings. The van der Waals surface area contributed by atoms with Crippen molar-refractivity contribution < 1.29 is 148 Å². The average Bonchev–Trinajstić information content (AvgIpc) is 1.54. The second-order valence-corrected chi connectivity index (χ2v) is 3.05. The third-order valence-electron chi connectivity index (χ3n) is 0. The van der Waals surface area contributed by atoms with E-state index < -0.39 is 48.1 Å². The van der Waals surface area contributed by atoms with Crippen LogP contribution in [-0.2, 0) is 4.79 Å². The molecule has 0 aromatic heterocycles. The summed E-state index contributed by atoms with van der Waals surface area (Å²) in [6, 6.07) is 0. The maximum atomic E-state index is 9.00. The monoisotopic (exact) mass is 578 g/mol. The first-order chi connectivity index (χ1) is 5.20. The van der Waals surface area contributed by atoms with Crippen LogP contribution >= 0.6 is 0 Å². The van der Waals surface area contributed by atoms with Gasteiger partial charge in [0.1, 0.15) is 0 Å². The number of rotatable bonds is 0. The summed E-state index contributed by atoms with van der Waals surface area (Å²) in [5.41, 5.74) is 0. The van der Waals surface area contributed by atoms with E-state index in [9.17, 15) is 0 Å². The number of carbonyl (C=O) groups is 1. The first kappa shape index (κ1) is 30.3. The molecule has 1 N–H and O–H groups in total. The minimum Gasteiger partial charge on any atom is -0.481 e. The van der Waals surface area contributed by atoms with E-state index in [-0.39, 0.29) is 75.4 Å². The Hall–Kier alpha value is 3.06. The summed E-state index contributed by atoms with van der Waals surface area (Å²) in [6.45, 7) is 1.08.